The number of nitro benzene ring substituents is 1. The number of carbonyl (C=O) groups excluding carboxylic acids is 1. The first kappa shape index (κ1) is 21.0. The Balaban J connectivity index is 1.89. The smallest absolute Gasteiger partial charge is 0.303 e. The molecule has 1 aliphatic rings. The predicted molar refractivity (Wildman–Crippen MR) is 108 cm³/mol. The summed E-state index contributed by atoms with van der Waals surface area (Å²) in [6, 6.07) is 12.9. The van der Waals surface area contributed by atoms with Crippen LogP contribution in [0.4, 0.5) is 5.69 Å². The third-order valence-electron chi connectivity index (χ3n) is 4.84. The van der Waals surface area contributed by atoms with Crippen LogP contribution in [0, 0.1) is 10.1 Å². The molecule has 0 radical (unpaired) electrons. The summed E-state index contributed by atoms with van der Waals surface area (Å²) in [7, 11) is 1.57. The van der Waals surface area contributed by atoms with E-state index in [-0.39, 0.29) is 30.9 Å². The van der Waals surface area contributed by atoms with Gasteiger partial charge in [0, 0.05) is 31.4 Å². The lowest BCUT2D eigenvalue weighted by Crippen LogP contribution is -2.27. The molecule has 1 heterocycles. The zero-order valence-electron chi connectivity index (χ0n) is 16.4. The van der Waals surface area contributed by atoms with E-state index < -0.39 is 16.9 Å². The summed E-state index contributed by atoms with van der Waals surface area (Å²) < 4.78 is 5.16. The number of aliphatic carboxylic acids is 1. The van der Waals surface area contributed by atoms with Crippen molar-refractivity contribution >= 4 is 23.3 Å². The Hall–Kier alpha value is -3.75. The van der Waals surface area contributed by atoms with Crippen molar-refractivity contribution in [3.63, 3.8) is 0 Å². The number of hydrogen-bond acceptors (Lipinski definition) is 6. The SMILES string of the molecule is COc1ccc(C2=NN(C(=O)CCCC(=O)O)[C@@H](c3cccc([N+](=O)[O-])c3)C2)cc1. The van der Waals surface area contributed by atoms with Gasteiger partial charge >= 0.3 is 5.97 Å². The molecule has 0 saturated heterocycles. The number of hydrazone groups is 1. The number of hydrogen-bond donors (Lipinski definition) is 1. The molecule has 2 aromatic rings. The monoisotopic (exact) mass is 411 g/mol. The maximum atomic E-state index is 12.8. The van der Waals surface area contributed by atoms with Crippen molar-refractivity contribution < 1.29 is 24.4 Å². The van der Waals surface area contributed by atoms with Crippen LogP contribution in [0.1, 0.15) is 42.9 Å². The number of benzene rings is 2. The molecule has 2 aromatic carbocycles. The van der Waals surface area contributed by atoms with Crippen molar-refractivity contribution in [3.8, 4) is 5.75 Å². The van der Waals surface area contributed by atoms with Crippen LogP contribution in [0.25, 0.3) is 0 Å². The van der Waals surface area contributed by atoms with Crippen molar-refractivity contribution in [1.29, 1.82) is 0 Å². The van der Waals surface area contributed by atoms with Gasteiger partial charge in [-0.1, -0.05) is 12.1 Å². The van der Waals surface area contributed by atoms with Gasteiger partial charge < -0.3 is 9.84 Å². The number of non-ortho nitro benzene ring substituents is 1. The molecule has 0 aliphatic carbocycles. The van der Waals surface area contributed by atoms with Gasteiger partial charge in [-0.3, -0.25) is 19.7 Å². The molecule has 30 heavy (non-hydrogen) atoms. The van der Waals surface area contributed by atoms with E-state index in [4.69, 9.17) is 9.84 Å². The molecule has 1 N–H and O–H groups in total. The lowest BCUT2D eigenvalue weighted by Gasteiger charge is -2.22. The summed E-state index contributed by atoms with van der Waals surface area (Å²) >= 11 is 0. The van der Waals surface area contributed by atoms with E-state index in [1.807, 2.05) is 12.1 Å². The standard InChI is InChI=1S/C21H21N3O6/c1-30-17-10-8-14(9-11-17)18-13-19(15-4-2-5-16(12-15)24(28)29)23(22-18)20(25)6-3-7-21(26)27/h2,4-5,8-12,19H,3,6-7,13H2,1H3,(H,26,27)/t19-/m1/s1. The summed E-state index contributed by atoms with van der Waals surface area (Å²) in [5.74, 6) is -0.604. The second-order valence-corrected chi connectivity index (χ2v) is 6.83. The van der Waals surface area contributed by atoms with Crippen molar-refractivity contribution in [2.75, 3.05) is 7.11 Å². The van der Waals surface area contributed by atoms with Gasteiger partial charge in [-0.05, 0) is 41.8 Å². The molecule has 0 aromatic heterocycles. The molecule has 1 aliphatic heterocycles. The van der Waals surface area contributed by atoms with Crippen molar-refractivity contribution in [3.05, 3.63) is 69.8 Å². The molecule has 0 spiro atoms. The fourth-order valence-corrected chi connectivity index (χ4v) is 3.31. The Morgan fingerprint density at radius 1 is 1.23 bits per heavy atom. The Bertz CT molecular complexity index is 986. The first-order chi connectivity index (χ1) is 14.4. The average molecular weight is 411 g/mol. The quantitative estimate of drug-likeness (QED) is 0.524. The van der Waals surface area contributed by atoms with Gasteiger partial charge in [0.15, 0.2) is 0 Å². The normalized spacial score (nSPS) is 15.6. The predicted octanol–water partition coefficient (Wildman–Crippen LogP) is 3.54. The minimum atomic E-state index is -0.970. The summed E-state index contributed by atoms with van der Waals surface area (Å²) in [5, 5.41) is 25.8. The number of nitro groups is 1. The van der Waals surface area contributed by atoms with Gasteiger partial charge in [0.25, 0.3) is 5.69 Å². The van der Waals surface area contributed by atoms with Crippen LogP contribution in [0.5, 0.6) is 5.75 Å². The topological polar surface area (TPSA) is 122 Å². The molecule has 1 amide bonds. The molecule has 9 heteroatoms. The van der Waals surface area contributed by atoms with E-state index in [0.29, 0.717) is 23.4 Å². The third kappa shape index (κ3) is 4.80. The second kappa shape index (κ2) is 9.17. The van der Waals surface area contributed by atoms with Crippen LogP contribution in [0.3, 0.4) is 0 Å². The lowest BCUT2D eigenvalue weighted by atomic mass is 9.98. The number of ether oxygens (including phenoxy) is 1. The van der Waals surface area contributed by atoms with E-state index in [0.717, 1.165) is 5.56 Å². The molecule has 0 saturated carbocycles. The highest BCUT2D eigenvalue weighted by molar-refractivity contribution is 6.03. The van der Waals surface area contributed by atoms with Crippen molar-refractivity contribution in [2.45, 2.75) is 31.7 Å². The van der Waals surface area contributed by atoms with Gasteiger partial charge in [-0.2, -0.15) is 5.10 Å². The van der Waals surface area contributed by atoms with Crippen LogP contribution in [-0.4, -0.2) is 39.7 Å². The molecule has 3 rings (SSSR count). The van der Waals surface area contributed by atoms with Gasteiger partial charge in [-0.25, -0.2) is 5.01 Å². The number of rotatable bonds is 8. The zero-order valence-corrected chi connectivity index (χ0v) is 16.4. The van der Waals surface area contributed by atoms with Crippen LogP contribution in [-0.2, 0) is 9.59 Å². The third-order valence-corrected chi connectivity index (χ3v) is 4.84. The Morgan fingerprint density at radius 3 is 2.60 bits per heavy atom. The highest BCUT2D eigenvalue weighted by atomic mass is 16.6. The first-order valence-corrected chi connectivity index (χ1v) is 9.39. The Morgan fingerprint density at radius 2 is 1.97 bits per heavy atom. The summed E-state index contributed by atoms with van der Waals surface area (Å²) in [4.78, 5) is 34.2. The van der Waals surface area contributed by atoms with Gasteiger partial charge in [0.05, 0.1) is 23.8 Å². The van der Waals surface area contributed by atoms with E-state index in [1.54, 1.807) is 31.4 Å². The first-order valence-electron chi connectivity index (χ1n) is 9.39. The number of carboxylic acid groups (broad SMARTS) is 1. The largest absolute Gasteiger partial charge is 0.497 e. The molecular weight excluding hydrogens is 390 g/mol. The van der Waals surface area contributed by atoms with Crippen LogP contribution < -0.4 is 4.74 Å². The summed E-state index contributed by atoms with van der Waals surface area (Å²) in [6.07, 6.45) is 0.491. The average Bonchev–Trinajstić information content (AvgIpc) is 3.19. The second-order valence-electron chi connectivity index (χ2n) is 6.83. The molecule has 1 atom stereocenters. The van der Waals surface area contributed by atoms with Crippen LogP contribution in [0.15, 0.2) is 53.6 Å². The zero-order chi connectivity index (χ0) is 21.7. The van der Waals surface area contributed by atoms with E-state index in [1.165, 1.54) is 17.1 Å². The van der Waals surface area contributed by atoms with E-state index in [2.05, 4.69) is 5.10 Å². The van der Waals surface area contributed by atoms with E-state index in [9.17, 15) is 19.7 Å². The van der Waals surface area contributed by atoms with Crippen LogP contribution in [0.2, 0.25) is 0 Å². The molecule has 0 unspecified atom stereocenters. The summed E-state index contributed by atoms with van der Waals surface area (Å²) in [6.45, 7) is 0. The van der Waals surface area contributed by atoms with E-state index >= 15 is 0 Å². The maximum Gasteiger partial charge on any atom is 0.303 e. The molecule has 0 bridgehead atoms. The molecular formula is C21H21N3O6. The molecule has 0 fully saturated rings. The highest BCUT2D eigenvalue weighted by Gasteiger charge is 2.33. The lowest BCUT2D eigenvalue weighted by molar-refractivity contribution is -0.385. The Labute approximate surface area is 172 Å². The van der Waals surface area contributed by atoms with Crippen LogP contribution >= 0.6 is 0 Å². The van der Waals surface area contributed by atoms with Gasteiger partial charge in [0.1, 0.15) is 5.75 Å². The van der Waals surface area contributed by atoms with Crippen molar-refractivity contribution in [2.24, 2.45) is 5.10 Å². The summed E-state index contributed by atoms with van der Waals surface area (Å²) in [5.41, 5.74) is 2.01. The number of methoxy groups -OCH3 is 1. The van der Waals surface area contributed by atoms with Gasteiger partial charge in [0.2, 0.25) is 5.91 Å². The maximum absolute atomic E-state index is 12.8. The Kier molecular flexibility index (Phi) is 6.41. The number of carboxylic acids is 1. The van der Waals surface area contributed by atoms with Gasteiger partial charge in [-0.15, -0.1) is 0 Å². The number of nitrogens with zero attached hydrogens (tertiary/aromatic N) is 3. The van der Waals surface area contributed by atoms with Crippen molar-refractivity contribution in [1.82, 2.24) is 5.01 Å². The molecule has 9 nitrogen and oxygen atoms in total. The minimum Gasteiger partial charge on any atom is -0.497 e. The highest BCUT2D eigenvalue weighted by Crippen LogP contribution is 2.35. The number of amides is 1. The fraction of sp³-hybridized carbons (Fsp3) is 0.286. The molecule has 156 valence electrons. The fourth-order valence-electron chi connectivity index (χ4n) is 3.31. The minimum absolute atomic E-state index is 0.0249. The number of carbonyl (C=O) groups is 2.